The third kappa shape index (κ3) is 3.68. The summed E-state index contributed by atoms with van der Waals surface area (Å²) in [5.41, 5.74) is -4.63. The van der Waals surface area contributed by atoms with Crippen molar-refractivity contribution in [3.63, 3.8) is 0 Å². The first-order valence-corrected chi connectivity index (χ1v) is 7.93. The molecule has 1 aliphatic heterocycles. The van der Waals surface area contributed by atoms with Crippen molar-refractivity contribution in [1.29, 1.82) is 0 Å². The van der Waals surface area contributed by atoms with Gasteiger partial charge < -0.3 is 9.50 Å². The monoisotopic (exact) mass is 323 g/mol. The van der Waals surface area contributed by atoms with Crippen LogP contribution in [0.1, 0.15) is 24.8 Å². The highest BCUT2D eigenvalue weighted by Crippen LogP contribution is 2.33. The Balaban J connectivity index is 2.22. The lowest BCUT2D eigenvalue weighted by Crippen LogP contribution is -2.33. The van der Waals surface area contributed by atoms with Crippen LogP contribution in [-0.4, -0.2) is 27.0 Å². The van der Waals surface area contributed by atoms with Gasteiger partial charge in [0, 0.05) is 0 Å². The first-order chi connectivity index (χ1) is 9.71. The van der Waals surface area contributed by atoms with E-state index in [-0.39, 0.29) is 11.7 Å². The van der Waals surface area contributed by atoms with Crippen LogP contribution < -0.4 is 9.50 Å². The Morgan fingerprint density at radius 3 is 2.67 bits per heavy atom. The van der Waals surface area contributed by atoms with Gasteiger partial charge in [-0.3, -0.25) is 0 Å². The van der Waals surface area contributed by atoms with Crippen LogP contribution in [-0.2, 0) is 10.1 Å². The second-order valence-electron chi connectivity index (χ2n) is 5.13. The summed E-state index contributed by atoms with van der Waals surface area (Å²) in [6.07, 6.45) is 0.844. The van der Waals surface area contributed by atoms with Gasteiger partial charge in [-0.25, -0.2) is 0 Å². The molecule has 0 spiro atoms. The normalized spacial score (nSPS) is 23.8. The van der Waals surface area contributed by atoms with Crippen LogP contribution in [0.5, 0.6) is 5.75 Å². The van der Waals surface area contributed by atoms with Crippen molar-refractivity contribution in [2.24, 2.45) is 5.92 Å². The van der Waals surface area contributed by atoms with Crippen molar-refractivity contribution in [2.75, 3.05) is 13.1 Å². The number of halogens is 3. The Labute approximate surface area is 121 Å². The lowest BCUT2D eigenvalue weighted by molar-refractivity contribution is -0.0500. The highest BCUT2D eigenvalue weighted by Gasteiger charge is 2.48. The van der Waals surface area contributed by atoms with Crippen LogP contribution in [0.4, 0.5) is 13.2 Å². The molecule has 1 aliphatic rings. The molecule has 8 heteroatoms. The first-order valence-electron chi connectivity index (χ1n) is 6.52. The molecule has 0 saturated carbocycles. The molecule has 0 radical (unpaired) electrons. The summed E-state index contributed by atoms with van der Waals surface area (Å²) in [7, 11) is -5.62. The molecule has 0 bridgehead atoms. The van der Waals surface area contributed by atoms with E-state index in [2.05, 4.69) is 9.50 Å². The van der Waals surface area contributed by atoms with Crippen molar-refractivity contribution in [1.82, 2.24) is 5.32 Å². The van der Waals surface area contributed by atoms with E-state index in [0.29, 0.717) is 5.92 Å². The molecule has 4 nitrogen and oxygen atoms in total. The van der Waals surface area contributed by atoms with Gasteiger partial charge in [0.05, 0.1) is 0 Å². The van der Waals surface area contributed by atoms with E-state index in [0.717, 1.165) is 25.1 Å². The third-order valence-corrected chi connectivity index (χ3v) is 4.54. The van der Waals surface area contributed by atoms with Gasteiger partial charge >= 0.3 is 15.6 Å². The van der Waals surface area contributed by atoms with Gasteiger partial charge in [0.1, 0.15) is 5.75 Å². The van der Waals surface area contributed by atoms with E-state index in [1.807, 2.05) is 6.92 Å². The van der Waals surface area contributed by atoms with Gasteiger partial charge in [-0.15, -0.1) is 0 Å². The summed E-state index contributed by atoms with van der Waals surface area (Å²) in [5, 5.41) is 3.23. The molecule has 0 aromatic heterocycles. The van der Waals surface area contributed by atoms with Crippen molar-refractivity contribution in [3.05, 3.63) is 29.8 Å². The predicted molar refractivity (Wildman–Crippen MR) is 71.4 cm³/mol. The zero-order valence-electron chi connectivity index (χ0n) is 11.4. The number of hydrogen-bond acceptors (Lipinski definition) is 4. The smallest absolute Gasteiger partial charge is 0.376 e. The van der Waals surface area contributed by atoms with Gasteiger partial charge in [-0.05, 0) is 49.0 Å². The fourth-order valence-electron chi connectivity index (χ4n) is 2.48. The Hall–Kier alpha value is -1.28. The highest BCUT2D eigenvalue weighted by atomic mass is 32.2. The minimum absolute atomic E-state index is 0.170. The SMILES string of the molecule is C[C@H]1CNCCC1c1cccc(OS(=O)(=O)C(F)(F)F)c1. The van der Waals surface area contributed by atoms with Gasteiger partial charge in [0.15, 0.2) is 0 Å². The van der Waals surface area contributed by atoms with Crippen molar-refractivity contribution in [2.45, 2.75) is 24.8 Å². The average Bonchev–Trinajstić information content (AvgIpc) is 2.37. The lowest BCUT2D eigenvalue weighted by Gasteiger charge is -2.30. The molecule has 0 amide bonds. The minimum Gasteiger partial charge on any atom is -0.376 e. The Bertz CT molecular complexity index is 601. The summed E-state index contributed by atoms with van der Waals surface area (Å²) in [5.74, 6) is 0.173. The van der Waals surface area contributed by atoms with E-state index in [9.17, 15) is 21.6 Å². The first kappa shape index (κ1) is 16.1. The maximum atomic E-state index is 12.3. The molecule has 1 aromatic rings. The van der Waals surface area contributed by atoms with E-state index < -0.39 is 15.6 Å². The van der Waals surface area contributed by atoms with Crippen LogP contribution in [0.2, 0.25) is 0 Å². The molecule has 1 saturated heterocycles. The van der Waals surface area contributed by atoms with Crippen molar-refractivity contribution >= 4 is 10.1 Å². The fourth-order valence-corrected chi connectivity index (χ4v) is 2.93. The molecular formula is C13H16F3NO3S. The predicted octanol–water partition coefficient (Wildman–Crippen LogP) is 2.63. The van der Waals surface area contributed by atoms with Gasteiger partial charge in [0.25, 0.3) is 0 Å². The molecule has 0 aliphatic carbocycles. The zero-order valence-corrected chi connectivity index (χ0v) is 12.2. The van der Waals surface area contributed by atoms with Crippen LogP contribution in [0.15, 0.2) is 24.3 Å². The van der Waals surface area contributed by atoms with Crippen LogP contribution in [0, 0.1) is 5.92 Å². The number of nitrogens with one attached hydrogen (secondary N) is 1. The molecule has 1 aromatic carbocycles. The molecule has 21 heavy (non-hydrogen) atoms. The number of benzene rings is 1. The molecule has 1 fully saturated rings. The van der Waals surface area contributed by atoms with E-state index >= 15 is 0 Å². The fraction of sp³-hybridized carbons (Fsp3) is 0.538. The molecule has 2 rings (SSSR count). The number of rotatable bonds is 3. The quantitative estimate of drug-likeness (QED) is 0.686. The van der Waals surface area contributed by atoms with E-state index in [4.69, 9.17) is 0 Å². The van der Waals surface area contributed by atoms with Crippen molar-refractivity contribution in [3.8, 4) is 5.75 Å². The Morgan fingerprint density at radius 2 is 2.05 bits per heavy atom. The van der Waals surface area contributed by atoms with Crippen LogP contribution in [0.3, 0.4) is 0 Å². The summed E-state index contributed by atoms with van der Waals surface area (Å²) in [6, 6.07) is 5.86. The maximum absolute atomic E-state index is 12.3. The standard InChI is InChI=1S/C13H16F3NO3S/c1-9-8-17-6-5-12(9)10-3-2-4-11(7-10)20-21(18,19)13(14,15)16/h2-4,7,9,12,17H,5-6,8H2,1H3/t9-,12?/m0/s1. The minimum atomic E-state index is -5.62. The maximum Gasteiger partial charge on any atom is 0.534 e. The largest absolute Gasteiger partial charge is 0.534 e. The van der Waals surface area contributed by atoms with Gasteiger partial charge in [-0.2, -0.15) is 21.6 Å². The van der Waals surface area contributed by atoms with Crippen LogP contribution in [0.25, 0.3) is 0 Å². The highest BCUT2D eigenvalue weighted by molar-refractivity contribution is 7.87. The molecule has 1 heterocycles. The second-order valence-corrected chi connectivity index (χ2v) is 6.67. The summed E-state index contributed by atoms with van der Waals surface area (Å²) in [4.78, 5) is 0. The van der Waals surface area contributed by atoms with Gasteiger partial charge in [-0.1, -0.05) is 19.1 Å². The molecule has 1 N–H and O–H groups in total. The second kappa shape index (κ2) is 5.84. The summed E-state index contributed by atoms with van der Waals surface area (Å²) < 4.78 is 63.1. The number of hydrogen-bond donors (Lipinski definition) is 1. The molecule has 2 atom stereocenters. The molecule has 118 valence electrons. The lowest BCUT2D eigenvalue weighted by atomic mass is 9.82. The average molecular weight is 323 g/mol. The Morgan fingerprint density at radius 1 is 1.33 bits per heavy atom. The topological polar surface area (TPSA) is 55.4 Å². The summed E-state index contributed by atoms with van der Waals surface area (Å²) in [6.45, 7) is 3.67. The zero-order chi connectivity index (χ0) is 15.7. The number of alkyl halides is 3. The molecular weight excluding hydrogens is 307 g/mol. The van der Waals surface area contributed by atoms with Crippen molar-refractivity contribution < 1.29 is 25.8 Å². The van der Waals surface area contributed by atoms with E-state index in [1.54, 1.807) is 6.07 Å². The number of piperidine rings is 1. The van der Waals surface area contributed by atoms with E-state index in [1.165, 1.54) is 18.2 Å². The molecule has 1 unspecified atom stereocenters. The Kier molecular flexibility index (Phi) is 4.48. The van der Waals surface area contributed by atoms with Crippen LogP contribution >= 0.6 is 0 Å². The third-order valence-electron chi connectivity index (χ3n) is 3.56. The summed E-state index contributed by atoms with van der Waals surface area (Å²) >= 11 is 0. The van der Waals surface area contributed by atoms with Gasteiger partial charge in [0.2, 0.25) is 0 Å².